The van der Waals surface area contributed by atoms with Crippen molar-refractivity contribution in [2.24, 2.45) is 11.3 Å². The van der Waals surface area contributed by atoms with Gasteiger partial charge in [-0.25, -0.2) is 4.79 Å². The zero-order valence-corrected chi connectivity index (χ0v) is 18.3. The van der Waals surface area contributed by atoms with Gasteiger partial charge in [-0.3, -0.25) is 4.68 Å². The van der Waals surface area contributed by atoms with Crippen LogP contribution in [-0.4, -0.2) is 37.0 Å². The average Bonchev–Trinajstić information content (AvgIpc) is 3.53. The van der Waals surface area contributed by atoms with E-state index in [1.54, 1.807) is 18.6 Å². The molecule has 31 heavy (non-hydrogen) atoms. The summed E-state index contributed by atoms with van der Waals surface area (Å²) in [6.07, 6.45) is 14.0. The number of hydrogen-bond acceptors (Lipinski definition) is 6. The van der Waals surface area contributed by atoms with Gasteiger partial charge in [-0.2, -0.15) is 14.9 Å². The van der Waals surface area contributed by atoms with Gasteiger partial charge < -0.3 is 9.63 Å². The van der Waals surface area contributed by atoms with Crippen LogP contribution >= 0.6 is 0 Å². The monoisotopic (exact) mass is 423 g/mol. The molecule has 0 radical (unpaired) electrons. The van der Waals surface area contributed by atoms with Crippen LogP contribution in [-0.2, 0) is 9.59 Å². The van der Waals surface area contributed by atoms with Crippen LogP contribution in [0.25, 0.3) is 22.2 Å². The fourth-order valence-corrected chi connectivity index (χ4v) is 4.20. The van der Waals surface area contributed by atoms with E-state index in [2.05, 4.69) is 15.3 Å². The third-order valence-electron chi connectivity index (χ3n) is 6.61. The molecule has 0 aliphatic heterocycles. The summed E-state index contributed by atoms with van der Waals surface area (Å²) in [6, 6.07) is 1.95. The van der Waals surface area contributed by atoms with Crippen molar-refractivity contribution in [3.63, 3.8) is 0 Å². The second kappa shape index (κ2) is 8.61. The van der Waals surface area contributed by atoms with Crippen molar-refractivity contribution in [3.05, 3.63) is 30.9 Å². The fourth-order valence-electron chi connectivity index (χ4n) is 4.20. The topological polar surface area (TPSA) is 91.9 Å². The van der Waals surface area contributed by atoms with Gasteiger partial charge in [-0.05, 0) is 45.1 Å². The van der Waals surface area contributed by atoms with E-state index in [4.69, 9.17) is 4.84 Å². The molecule has 164 valence electrons. The molecule has 1 unspecified atom stereocenters. The van der Waals surface area contributed by atoms with Gasteiger partial charge >= 0.3 is 5.97 Å². The molecule has 0 aromatic carbocycles. The Bertz CT molecular complexity index is 1080. The first kappa shape index (κ1) is 21.2. The second-order valence-corrected chi connectivity index (χ2v) is 8.98. The number of aldehydes is 1. The first-order valence-corrected chi connectivity index (χ1v) is 11.0. The summed E-state index contributed by atoms with van der Waals surface area (Å²) >= 11 is 0. The van der Waals surface area contributed by atoms with Crippen LogP contribution in [0.3, 0.4) is 0 Å². The lowest BCUT2D eigenvalue weighted by atomic mass is 9.91. The smallest absolute Gasteiger partial charge is 0.334 e. The van der Waals surface area contributed by atoms with Crippen molar-refractivity contribution in [3.8, 4) is 11.1 Å². The molecule has 0 saturated heterocycles. The lowest BCUT2D eigenvalue weighted by molar-refractivity contribution is -0.154. The van der Waals surface area contributed by atoms with E-state index in [1.165, 1.54) is 17.6 Å². The lowest BCUT2D eigenvalue weighted by Crippen LogP contribution is -2.32. The number of nitrogens with zero attached hydrogens (tertiary/aromatic N) is 5. The number of aromatic nitrogens is 5. The van der Waals surface area contributed by atoms with Crippen LogP contribution in [0.4, 0.5) is 0 Å². The molecular formula is C23H29N5O3. The minimum atomic E-state index is -0.587. The first-order valence-electron chi connectivity index (χ1n) is 11.0. The Hall–Kier alpha value is -3.03. The largest absolute Gasteiger partial charge is 0.338 e. The van der Waals surface area contributed by atoms with E-state index in [1.807, 2.05) is 37.7 Å². The highest BCUT2D eigenvalue weighted by atomic mass is 16.7. The lowest BCUT2D eigenvalue weighted by Gasteiger charge is -2.21. The summed E-state index contributed by atoms with van der Waals surface area (Å²) in [7, 11) is 0. The zero-order chi connectivity index (χ0) is 22.0. The van der Waals surface area contributed by atoms with Crippen molar-refractivity contribution in [2.45, 2.75) is 65.3 Å². The average molecular weight is 424 g/mol. The number of rotatable bonds is 8. The van der Waals surface area contributed by atoms with Crippen LogP contribution in [0, 0.1) is 11.3 Å². The Balaban J connectivity index is 1.64. The van der Waals surface area contributed by atoms with E-state index < -0.39 is 5.41 Å². The minimum Gasteiger partial charge on any atom is -0.334 e. The summed E-state index contributed by atoms with van der Waals surface area (Å²) in [5.41, 5.74) is 1.64. The predicted octanol–water partition coefficient (Wildman–Crippen LogP) is 4.01. The van der Waals surface area contributed by atoms with E-state index in [0.29, 0.717) is 24.4 Å². The highest BCUT2D eigenvalue weighted by Crippen LogP contribution is 2.36. The second-order valence-electron chi connectivity index (χ2n) is 8.98. The molecule has 4 rings (SSSR count). The molecule has 0 amide bonds. The van der Waals surface area contributed by atoms with Crippen LogP contribution in [0.1, 0.15) is 65.3 Å². The number of hydrogen-bond donors (Lipinski definition) is 0. The van der Waals surface area contributed by atoms with Crippen molar-refractivity contribution >= 4 is 23.3 Å². The SMILES string of the molecule is CCC(C)(C)C(=O)On1ccc2c(-c3cnn(C(CC=O)C4CCCC4)c3)cnnc21. The Morgan fingerprint density at radius 1 is 1.32 bits per heavy atom. The fraction of sp³-hybridized carbons (Fsp3) is 0.522. The maximum absolute atomic E-state index is 12.5. The third-order valence-corrected chi connectivity index (χ3v) is 6.61. The normalized spacial score (nSPS) is 16.0. The van der Waals surface area contributed by atoms with Gasteiger partial charge in [0.25, 0.3) is 0 Å². The van der Waals surface area contributed by atoms with Crippen LogP contribution in [0.2, 0.25) is 0 Å². The molecule has 1 aliphatic carbocycles. The molecule has 1 fully saturated rings. The summed E-state index contributed by atoms with van der Waals surface area (Å²) in [5.74, 6) is 0.164. The maximum Gasteiger partial charge on any atom is 0.338 e. The van der Waals surface area contributed by atoms with Gasteiger partial charge in [0, 0.05) is 35.3 Å². The van der Waals surface area contributed by atoms with Crippen LogP contribution in [0.5, 0.6) is 0 Å². The summed E-state index contributed by atoms with van der Waals surface area (Å²) in [4.78, 5) is 29.3. The molecule has 3 aromatic rings. The highest BCUT2D eigenvalue weighted by Gasteiger charge is 2.29. The molecule has 3 heterocycles. The van der Waals surface area contributed by atoms with Crippen molar-refractivity contribution in [1.29, 1.82) is 0 Å². The number of carbonyl (C=O) groups is 2. The van der Waals surface area contributed by atoms with Crippen molar-refractivity contribution in [1.82, 2.24) is 24.7 Å². The molecule has 8 heteroatoms. The minimum absolute atomic E-state index is 0.0841. The van der Waals surface area contributed by atoms with Gasteiger partial charge in [0.05, 0.1) is 23.9 Å². The first-order chi connectivity index (χ1) is 14.9. The van der Waals surface area contributed by atoms with E-state index in [9.17, 15) is 9.59 Å². The Labute approximate surface area is 181 Å². The maximum atomic E-state index is 12.5. The molecule has 1 aliphatic rings. The Morgan fingerprint density at radius 3 is 2.81 bits per heavy atom. The summed E-state index contributed by atoms with van der Waals surface area (Å²) < 4.78 is 3.30. The molecule has 1 saturated carbocycles. The standard InChI is InChI=1S/C23H29N5O3/c1-4-23(2,3)22(30)31-28-11-9-18-19(14-24-26-21(18)28)17-13-25-27(15-17)20(10-12-29)16-7-5-6-8-16/h9,11-16,20H,4-8,10H2,1-3H3. The molecule has 0 bridgehead atoms. The zero-order valence-electron chi connectivity index (χ0n) is 18.3. The van der Waals surface area contributed by atoms with E-state index in [0.717, 1.165) is 35.6 Å². The molecular weight excluding hydrogens is 394 g/mol. The van der Waals surface area contributed by atoms with Gasteiger partial charge in [-0.15, -0.1) is 5.10 Å². The summed E-state index contributed by atoms with van der Waals surface area (Å²) in [5, 5.41) is 13.7. The van der Waals surface area contributed by atoms with Gasteiger partial charge in [-0.1, -0.05) is 19.8 Å². The number of fused-ring (bicyclic) bond motifs is 1. The number of carbonyl (C=O) groups excluding carboxylic acids is 2. The predicted molar refractivity (Wildman–Crippen MR) is 116 cm³/mol. The quantitative estimate of drug-likeness (QED) is 0.509. The molecule has 8 nitrogen and oxygen atoms in total. The van der Waals surface area contributed by atoms with Gasteiger partial charge in [0.15, 0.2) is 5.65 Å². The van der Waals surface area contributed by atoms with E-state index in [-0.39, 0.29) is 12.0 Å². The van der Waals surface area contributed by atoms with Crippen molar-refractivity contribution in [2.75, 3.05) is 0 Å². The molecule has 0 spiro atoms. The highest BCUT2D eigenvalue weighted by molar-refractivity contribution is 5.92. The van der Waals surface area contributed by atoms with Gasteiger partial charge in [0.2, 0.25) is 0 Å². The summed E-state index contributed by atoms with van der Waals surface area (Å²) in [6.45, 7) is 5.66. The van der Waals surface area contributed by atoms with Gasteiger partial charge in [0.1, 0.15) is 6.29 Å². The Kier molecular flexibility index (Phi) is 5.89. The van der Waals surface area contributed by atoms with Crippen molar-refractivity contribution < 1.29 is 14.4 Å². The Morgan fingerprint density at radius 2 is 2.10 bits per heavy atom. The molecule has 3 aromatic heterocycles. The molecule has 0 N–H and O–H groups in total. The van der Waals surface area contributed by atoms with Crippen LogP contribution in [0.15, 0.2) is 30.9 Å². The third kappa shape index (κ3) is 4.11. The van der Waals surface area contributed by atoms with E-state index >= 15 is 0 Å². The molecule has 1 atom stereocenters. The van der Waals surface area contributed by atoms with Crippen LogP contribution < -0.4 is 4.84 Å².